The summed E-state index contributed by atoms with van der Waals surface area (Å²) in [5, 5.41) is 10.4. The van der Waals surface area contributed by atoms with E-state index in [4.69, 9.17) is 10.5 Å². The third-order valence-electron chi connectivity index (χ3n) is 4.68. The van der Waals surface area contributed by atoms with Crippen molar-refractivity contribution in [3.63, 3.8) is 0 Å². The van der Waals surface area contributed by atoms with Crippen molar-refractivity contribution in [1.29, 1.82) is 0 Å². The van der Waals surface area contributed by atoms with E-state index in [1.165, 1.54) is 21.0 Å². The fraction of sp³-hybridized carbons (Fsp3) is 0.182. The monoisotopic (exact) mass is 406 g/mol. The average molecular weight is 406 g/mol. The lowest BCUT2D eigenvalue weighted by Gasteiger charge is -2.13. The first-order valence-corrected chi connectivity index (χ1v) is 9.26. The molecule has 0 unspecified atom stereocenters. The molecule has 30 heavy (non-hydrogen) atoms. The number of nitrogens with two attached hydrogens (primary N) is 1. The fourth-order valence-electron chi connectivity index (χ4n) is 2.97. The lowest BCUT2D eigenvalue weighted by molar-refractivity contribution is -0.119. The molecule has 8 nitrogen and oxygen atoms in total. The van der Waals surface area contributed by atoms with Crippen LogP contribution in [-0.2, 0) is 4.79 Å². The number of ether oxygens (including phenoxy) is 1. The number of hydrogen-bond donors (Lipinski definition) is 3. The summed E-state index contributed by atoms with van der Waals surface area (Å²) in [5.41, 5.74) is 8.29. The molecule has 8 heteroatoms. The van der Waals surface area contributed by atoms with Crippen molar-refractivity contribution in [3.8, 4) is 5.75 Å². The molecule has 1 aromatic heterocycles. The maximum Gasteiger partial charge on any atom is 0.255 e. The zero-order valence-corrected chi connectivity index (χ0v) is 16.9. The normalized spacial score (nSPS) is 12.1. The van der Waals surface area contributed by atoms with Crippen LogP contribution in [0, 0.1) is 0 Å². The number of nitrogens with one attached hydrogen (secondary N) is 2. The molecular formula is C22H22N4O4. The van der Waals surface area contributed by atoms with Crippen LogP contribution < -0.4 is 15.8 Å². The van der Waals surface area contributed by atoms with Crippen LogP contribution >= 0.6 is 0 Å². The molecule has 2 amide bonds. The van der Waals surface area contributed by atoms with Crippen molar-refractivity contribution < 1.29 is 19.1 Å². The minimum absolute atomic E-state index is 0.00465. The lowest BCUT2D eigenvalue weighted by Crippen LogP contribution is -2.42. The molecule has 0 aliphatic carbocycles. The van der Waals surface area contributed by atoms with Gasteiger partial charge in [-0.1, -0.05) is 30.3 Å². The highest BCUT2D eigenvalue weighted by Crippen LogP contribution is 2.32. The SMILES string of the molecule is COc1c(C(=O)N[C@@H](C)C(N)=O)ccc2[nH]nc(/C=C/c3ccc(C(C)=O)cc3)c12. The quantitative estimate of drug-likeness (QED) is 0.520. The van der Waals surface area contributed by atoms with Crippen LogP contribution in [0.3, 0.4) is 0 Å². The Hall–Kier alpha value is -3.94. The van der Waals surface area contributed by atoms with Crippen LogP contribution in [0.2, 0.25) is 0 Å². The Morgan fingerprint density at radius 2 is 1.83 bits per heavy atom. The summed E-state index contributed by atoms with van der Waals surface area (Å²) in [6.45, 7) is 3.03. The van der Waals surface area contributed by atoms with Crippen LogP contribution in [0.5, 0.6) is 5.75 Å². The van der Waals surface area contributed by atoms with Crippen LogP contribution in [0.15, 0.2) is 36.4 Å². The van der Waals surface area contributed by atoms with Gasteiger partial charge in [-0.25, -0.2) is 0 Å². The van der Waals surface area contributed by atoms with Gasteiger partial charge >= 0.3 is 0 Å². The van der Waals surface area contributed by atoms with Crippen molar-refractivity contribution in [2.45, 2.75) is 19.9 Å². The highest BCUT2D eigenvalue weighted by atomic mass is 16.5. The molecule has 3 aromatic rings. The van der Waals surface area contributed by atoms with Crippen molar-refractivity contribution >= 4 is 40.7 Å². The number of rotatable bonds is 7. The second kappa shape index (κ2) is 8.60. The number of carbonyl (C=O) groups is 3. The van der Waals surface area contributed by atoms with Gasteiger partial charge in [0.15, 0.2) is 5.78 Å². The van der Waals surface area contributed by atoms with Gasteiger partial charge in [-0.3, -0.25) is 19.5 Å². The van der Waals surface area contributed by atoms with Crippen LogP contribution in [0.1, 0.15) is 45.8 Å². The third kappa shape index (κ3) is 4.22. The standard InChI is InChI=1S/C22H22N4O4/c1-12(21(23)28)24-22(29)16-9-11-18-19(20(16)30-3)17(25-26-18)10-6-14-4-7-15(8-5-14)13(2)27/h4-12H,1-3H3,(H2,23,28)(H,24,29)(H,25,26)/b10-6+/t12-/m0/s1. The Labute approximate surface area is 173 Å². The molecule has 0 saturated heterocycles. The van der Waals surface area contributed by atoms with E-state index < -0.39 is 17.9 Å². The maximum atomic E-state index is 12.6. The molecule has 1 atom stereocenters. The summed E-state index contributed by atoms with van der Waals surface area (Å²) in [6, 6.07) is 9.68. The Morgan fingerprint density at radius 1 is 1.13 bits per heavy atom. The molecule has 2 aromatic carbocycles. The highest BCUT2D eigenvalue weighted by molar-refractivity contribution is 6.06. The summed E-state index contributed by atoms with van der Waals surface area (Å²) in [5.74, 6) is -0.769. The summed E-state index contributed by atoms with van der Waals surface area (Å²) >= 11 is 0. The van der Waals surface area contributed by atoms with Gasteiger partial charge in [0.2, 0.25) is 5.91 Å². The Morgan fingerprint density at radius 3 is 2.43 bits per heavy atom. The van der Waals surface area contributed by atoms with Gasteiger partial charge in [0.25, 0.3) is 5.91 Å². The van der Waals surface area contributed by atoms with E-state index in [1.54, 1.807) is 30.3 Å². The van der Waals surface area contributed by atoms with E-state index in [0.717, 1.165) is 5.56 Å². The molecule has 0 saturated carbocycles. The van der Waals surface area contributed by atoms with Gasteiger partial charge in [0.1, 0.15) is 11.8 Å². The number of fused-ring (bicyclic) bond motifs is 1. The predicted molar refractivity (Wildman–Crippen MR) is 114 cm³/mol. The van der Waals surface area contributed by atoms with E-state index in [1.807, 2.05) is 18.2 Å². The third-order valence-corrected chi connectivity index (χ3v) is 4.68. The number of Topliss-reactive ketones (excluding diaryl/α,β-unsaturated/α-hetero) is 1. The summed E-state index contributed by atoms with van der Waals surface area (Å²) in [7, 11) is 1.46. The van der Waals surface area contributed by atoms with E-state index in [9.17, 15) is 14.4 Å². The van der Waals surface area contributed by atoms with E-state index in [-0.39, 0.29) is 11.3 Å². The number of benzene rings is 2. The summed E-state index contributed by atoms with van der Waals surface area (Å²) in [4.78, 5) is 35.3. The van der Waals surface area contributed by atoms with Crippen molar-refractivity contribution in [2.24, 2.45) is 5.73 Å². The largest absolute Gasteiger partial charge is 0.495 e. The molecule has 0 spiro atoms. The maximum absolute atomic E-state index is 12.6. The second-order valence-electron chi connectivity index (χ2n) is 6.79. The Balaban J connectivity index is 1.97. The number of amides is 2. The van der Waals surface area contributed by atoms with Crippen molar-refractivity contribution in [1.82, 2.24) is 15.5 Å². The highest BCUT2D eigenvalue weighted by Gasteiger charge is 2.21. The zero-order chi connectivity index (χ0) is 21.8. The van der Waals surface area contributed by atoms with Gasteiger partial charge in [-0.05, 0) is 37.6 Å². The number of nitrogens with zero attached hydrogens (tertiary/aromatic N) is 1. The molecule has 0 fully saturated rings. The summed E-state index contributed by atoms with van der Waals surface area (Å²) in [6.07, 6.45) is 3.64. The summed E-state index contributed by atoms with van der Waals surface area (Å²) < 4.78 is 5.51. The molecule has 0 aliphatic rings. The second-order valence-corrected chi connectivity index (χ2v) is 6.79. The smallest absolute Gasteiger partial charge is 0.255 e. The van der Waals surface area contributed by atoms with Crippen molar-refractivity contribution in [2.75, 3.05) is 7.11 Å². The average Bonchev–Trinajstić information content (AvgIpc) is 3.14. The zero-order valence-electron chi connectivity index (χ0n) is 16.9. The number of carbonyl (C=O) groups excluding carboxylic acids is 3. The van der Waals surface area contributed by atoms with Gasteiger partial charge in [-0.2, -0.15) is 5.10 Å². The molecule has 0 aliphatic heterocycles. The first-order chi connectivity index (χ1) is 14.3. The minimum Gasteiger partial charge on any atom is -0.495 e. The lowest BCUT2D eigenvalue weighted by atomic mass is 10.1. The predicted octanol–water partition coefficient (Wildman–Crippen LogP) is 2.55. The molecule has 0 radical (unpaired) electrons. The van der Waals surface area contributed by atoms with Crippen LogP contribution in [-0.4, -0.2) is 40.9 Å². The molecule has 4 N–H and O–H groups in total. The number of primary amides is 1. The van der Waals surface area contributed by atoms with Gasteiger partial charge in [0.05, 0.1) is 29.3 Å². The van der Waals surface area contributed by atoms with Crippen LogP contribution in [0.25, 0.3) is 23.1 Å². The van der Waals surface area contributed by atoms with Crippen LogP contribution in [0.4, 0.5) is 0 Å². The topological polar surface area (TPSA) is 127 Å². The van der Waals surface area contributed by atoms with Gasteiger partial charge in [-0.15, -0.1) is 0 Å². The van der Waals surface area contributed by atoms with Gasteiger partial charge in [0, 0.05) is 5.56 Å². The molecular weight excluding hydrogens is 384 g/mol. The molecule has 1 heterocycles. The van der Waals surface area contributed by atoms with E-state index in [0.29, 0.717) is 27.9 Å². The molecule has 154 valence electrons. The minimum atomic E-state index is -0.820. The van der Waals surface area contributed by atoms with Crippen molar-refractivity contribution in [3.05, 3.63) is 58.8 Å². The Bertz CT molecular complexity index is 1150. The van der Waals surface area contributed by atoms with E-state index >= 15 is 0 Å². The number of H-pyrrole nitrogens is 1. The number of ketones is 1. The number of hydrogen-bond acceptors (Lipinski definition) is 5. The first kappa shape index (κ1) is 20.8. The number of aromatic nitrogens is 2. The van der Waals surface area contributed by atoms with E-state index in [2.05, 4.69) is 15.5 Å². The number of methoxy groups -OCH3 is 1. The molecule has 0 bridgehead atoms. The fourth-order valence-corrected chi connectivity index (χ4v) is 2.97. The number of aromatic amines is 1. The van der Waals surface area contributed by atoms with Gasteiger partial charge < -0.3 is 15.8 Å². The first-order valence-electron chi connectivity index (χ1n) is 9.26. The Kier molecular flexibility index (Phi) is 5.96. The molecule has 3 rings (SSSR count).